The van der Waals surface area contributed by atoms with E-state index in [4.69, 9.17) is 4.74 Å². The van der Waals surface area contributed by atoms with Gasteiger partial charge in [-0.15, -0.1) is 0 Å². The molecule has 2 aliphatic heterocycles. The Labute approximate surface area is 212 Å². The second-order valence-corrected chi connectivity index (χ2v) is 10.4. The Morgan fingerprint density at radius 2 is 1.78 bits per heavy atom. The zero-order chi connectivity index (χ0) is 24.3. The van der Waals surface area contributed by atoms with Crippen LogP contribution in [0.15, 0.2) is 48.8 Å². The molecule has 0 atom stereocenters. The highest BCUT2D eigenvalue weighted by Crippen LogP contribution is 2.33. The molecule has 0 unspecified atom stereocenters. The number of para-hydroxylation sites is 1. The number of pyridine rings is 2. The van der Waals surface area contributed by atoms with Gasteiger partial charge in [0.15, 0.2) is 0 Å². The number of nitrogens with one attached hydrogen (secondary N) is 1. The summed E-state index contributed by atoms with van der Waals surface area (Å²) in [5.41, 5.74) is 4.20. The molecule has 3 aliphatic rings. The molecule has 0 spiro atoms. The SMILES string of the molecule is O=C(N[C@H]1CC[C@H](CCN2CCN(c3ccnc4c3CCO4)CC2)CC1)c1ccnc2ccccc12. The number of hydrogen-bond donors (Lipinski definition) is 1. The van der Waals surface area contributed by atoms with Crippen LogP contribution < -0.4 is 15.0 Å². The molecule has 1 amide bonds. The van der Waals surface area contributed by atoms with E-state index in [0.717, 1.165) is 80.3 Å². The summed E-state index contributed by atoms with van der Waals surface area (Å²) in [5, 5.41) is 4.22. The Kier molecular flexibility index (Phi) is 6.73. The van der Waals surface area contributed by atoms with Gasteiger partial charge < -0.3 is 15.0 Å². The minimum Gasteiger partial charge on any atom is -0.477 e. The van der Waals surface area contributed by atoms with Crippen molar-refractivity contribution < 1.29 is 9.53 Å². The van der Waals surface area contributed by atoms with Crippen LogP contribution >= 0.6 is 0 Å². The van der Waals surface area contributed by atoms with Crippen molar-refractivity contribution in [2.45, 2.75) is 44.6 Å². The number of ether oxygens (including phenoxy) is 1. The molecular weight excluding hydrogens is 450 g/mol. The van der Waals surface area contributed by atoms with Crippen LogP contribution in [0.2, 0.25) is 0 Å². The lowest BCUT2D eigenvalue weighted by atomic mass is 9.84. The van der Waals surface area contributed by atoms with E-state index >= 15 is 0 Å². The van der Waals surface area contributed by atoms with Gasteiger partial charge in [0.1, 0.15) is 0 Å². The molecule has 1 aromatic carbocycles. The van der Waals surface area contributed by atoms with Gasteiger partial charge in [-0.1, -0.05) is 18.2 Å². The van der Waals surface area contributed by atoms with Gasteiger partial charge >= 0.3 is 0 Å². The standard InChI is InChI=1S/C29H35N5O2/c35-28(24-9-13-30-26-4-2-1-3-23(24)26)32-22-7-5-21(6-8-22)11-15-33-16-18-34(19-17-33)27-10-14-31-29-25(27)12-20-36-29/h1-4,9-10,13-14,21-22H,5-8,11-12,15-20H2,(H,32,35)/t21-,22-. The van der Waals surface area contributed by atoms with Crippen LogP contribution in [-0.4, -0.2) is 66.1 Å². The van der Waals surface area contributed by atoms with Crippen molar-refractivity contribution in [3.05, 3.63) is 59.9 Å². The van der Waals surface area contributed by atoms with Crippen molar-refractivity contribution in [2.75, 3.05) is 44.2 Å². The third-order valence-electron chi connectivity index (χ3n) is 8.22. The zero-order valence-electron chi connectivity index (χ0n) is 20.9. The summed E-state index contributed by atoms with van der Waals surface area (Å²) in [4.78, 5) is 26.9. The molecule has 3 aromatic rings. The number of hydrogen-bond acceptors (Lipinski definition) is 6. The lowest BCUT2D eigenvalue weighted by Crippen LogP contribution is -2.47. The van der Waals surface area contributed by atoms with Crippen LogP contribution in [0, 0.1) is 5.92 Å². The van der Waals surface area contributed by atoms with Crippen molar-refractivity contribution >= 4 is 22.5 Å². The molecule has 188 valence electrons. The fourth-order valence-corrected chi connectivity index (χ4v) is 6.10. The highest BCUT2D eigenvalue weighted by atomic mass is 16.5. The molecule has 2 aromatic heterocycles. The number of amides is 1. The van der Waals surface area contributed by atoms with Crippen LogP contribution in [0.1, 0.15) is 48.0 Å². The lowest BCUT2D eigenvalue weighted by molar-refractivity contribution is 0.0921. The summed E-state index contributed by atoms with van der Waals surface area (Å²) in [6.45, 7) is 6.30. The summed E-state index contributed by atoms with van der Waals surface area (Å²) >= 11 is 0. The van der Waals surface area contributed by atoms with E-state index < -0.39 is 0 Å². The second kappa shape index (κ2) is 10.4. The van der Waals surface area contributed by atoms with E-state index in [1.165, 1.54) is 37.1 Å². The maximum Gasteiger partial charge on any atom is 0.252 e. The molecule has 6 rings (SSSR count). The molecule has 1 saturated heterocycles. The molecule has 0 radical (unpaired) electrons. The second-order valence-electron chi connectivity index (χ2n) is 10.4. The van der Waals surface area contributed by atoms with Crippen LogP contribution in [0.4, 0.5) is 5.69 Å². The van der Waals surface area contributed by atoms with Crippen LogP contribution in [-0.2, 0) is 6.42 Å². The summed E-state index contributed by atoms with van der Waals surface area (Å²) in [7, 11) is 0. The normalized spacial score (nSPS) is 22.3. The molecule has 1 N–H and O–H groups in total. The number of fused-ring (bicyclic) bond motifs is 2. The van der Waals surface area contributed by atoms with Crippen molar-refractivity contribution in [1.82, 2.24) is 20.2 Å². The third kappa shape index (κ3) is 4.89. The van der Waals surface area contributed by atoms with Crippen molar-refractivity contribution in [3.63, 3.8) is 0 Å². The molecule has 7 nitrogen and oxygen atoms in total. The first-order valence-electron chi connectivity index (χ1n) is 13.5. The Hall–Kier alpha value is -3.19. The summed E-state index contributed by atoms with van der Waals surface area (Å²) < 4.78 is 5.65. The highest BCUT2D eigenvalue weighted by molar-refractivity contribution is 6.06. The molecule has 4 heterocycles. The van der Waals surface area contributed by atoms with E-state index in [1.54, 1.807) is 6.20 Å². The number of carbonyl (C=O) groups is 1. The van der Waals surface area contributed by atoms with E-state index in [9.17, 15) is 4.79 Å². The maximum absolute atomic E-state index is 13.0. The number of rotatable bonds is 6. The van der Waals surface area contributed by atoms with Gasteiger partial charge in [-0.05, 0) is 62.8 Å². The maximum atomic E-state index is 13.0. The number of piperazine rings is 1. The fraction of sp³-hybridized carbons (Fsp3) is 0.483. The van der Waals surface area contributed by atoms with Crippen LogP contribution in [0.5, 0.6) is 5.88 Å². The number of carbonyl (C=O) groups excluding carboxylic acids is 1. The first kappa shape index (κ1) is 23.2. The smallest absolute Gasteiger partial charge is 0.252 e. The van der Waals surface area contributed by atoms with Crippen molar-refractivity contribution in [1.29, 1.82) is 0 Å². The Balaban J connectivity index is 0.942. The Morgan fingerprint density at radius 1 is 0.972 bits per heavy atom. The molecule has 1 aliphatic carbocycles. The monoisotopic (exact) mass is 485 g/mol. The van der Waals surface area contributed by atoms with Gasteiger partial charge in [0.05, 0.1) is 17.7 Å². The molecule has 36 heavy (non-hydrogen) atoms. The first-order chi connectivity index (χ1) is 17.7. The minimum atomic E-state index is 0.0290. The minimum absolute atomic E-state index is 0.0290. The van der Waals surface area contributed by atoms with E-state index in [0.29, 0.717) is 0 Å². The average molecular weight is 486 g/mol. The largest absolute Gasteiger partial charge is 0.477 e. The number of nitrogens with zero attached hydrogens (tertiary/aromatic N) is 4. The summed E-state index contributed by atoms with van der Waals surface area (Å²) in [5.74, 6) is 1.62. The predicted octanol–water partition coefficient (Wildman–Crippen LogP) is 4.07. The van der Waals surface area contributed by atoms with E-state index in [2.05, 4.69) is 31.2 Å². The number of anilines is 1. The van der Waals surface area contributed by atoms with Crippen LogP contribution in [0.25, 0.3) is 10.9 Å². The first-order valence-corrected chi connectivity index (χ1v) is 13.5. The van der Waals surface area contributed by atoms with E-state index in [-0.39, 0.29) is 11.9 Å². The topological polar surface area (TPSA) is 70.6 Å². The van der Waals surface area contributed by atoms with Gasteiger partial charge in [-0.25, -0.2) is 4.98 Å². The fourth-order valence-electron chi connectivity index (χ4n) is 6.10. The summed E-state index contributed by atoms with van der Waals surface area (Å²) in [6.07, 6.45) is 10.4. The van der Waals surface area contributed by atoms with Gasteiger partial charge in [0.2, 0.25) is 5.88 Å². The Morgan fingerprint density at radius 3 is 2.64 bits per heavy atom. The van der Waals surface area contributed by atoms with Gasteiger partial charge in [0, 0.05) is 67.7 Å². The van der Waals surface area contributed by atoms with Gasteiger partial charge in [0.25, 0.3) is 5.91 Å². The third-order valence-corrected chi connectivity index (χ3v) is 8.22. The Bertz CT molecular complexity index is 1210. The van der Waals surface area contributed by atoms with Gasteiger partial charge in [-0.2, -0.15) is 0 Å². The van der Waals surface area contributed by atoms with Crippen molar-refractivity contribution in [3.8, 4) is 5.88 Å². The molecule has 1 saturated carbocycles. The number of benzene rings is 1. The van der Waals surface area contributed by atoms with Gasteiger partial charge in [-0.3, -0.25) is 14.7 Å². The van der Waals surface area contributed by atoms with E-state index in [1.807, 2.05) is 36.5 Å². The molecular formula is C29H35N5O2. The van der Waals surface area contributed by atoms with Crippen molar-refractivity contribution in [2.24, 2.45) is 5.92 Å². The quantitative estimate of drug-likeness (QED) is 0.568. The number of aromatic nitrogens is 2. The summed E-state index contributed by atoms with van der Waals surface area (Å²) in [6, 6.07) is 12.1. The van der Waals surface area contributed by atoms with Crippen LogP contribution in [0.3, 0.4) is 0 Å². The average Bonchev–Trinajstić information content (AvgIpc) is 3.42. The lowest BCUT2D eigenvalue weighted by Gasteiger charge is -2.37. The zero-order valence-corrected chi connectivity index (χ0v) is 20.9. The predicted molar refractivity (Wildman–Crippen MR) is 142 cm³/mol. The highest BCUT2D eigenvalue weighted by Gasteiger charge is 2.26. The molecule has 7 heteroatoms. The molecule has 0 bridgehead atoms. The molecule has 2 fully saturated rings.